The number of carbonyl (C=O) groups is 2. The van der Waals surface area contributed by atoms with E-state index in [4.69, 9.17) is 9.47 Å². The molecule has 10 heteroatoms. The van der Waals surface area contributed by atoms with E-state index in [0.717, 1.165) is 23.1 Å². The summed E-state index contributed by atoms with van der Waals surface area (Å²) < 4.78 is 26.5. The minimum Gasteiger partial charge on any atom is -0.505 e. The topological polar surface area (TPSA) is 117 Å². The number of ether oxygens (including phenoxy) is 2. The fraction of sp³-hybridized carbons (Fsp3) is 0.314. The van der Waals surface area contributed by atoms with Gasteiger partial charge in [-0.05, 0) is 84.3 Å². The van der Waals surface area contributed by atoms with Crippen molar-refractivity contribution in [1.29, 1.82) is 0 Å². The van der Waals surface area contributed by atoms with E-state index in [-0.39, 0.29) is 41.7 Å². The molecule has 2 aliphatic heterocycles. The lowest BCUT2D eigenvalue weighted by molar-refractivity contribution is -0.122. The lowest BCUT2D eigenvalue weighted by Gasteiger charge is -2.31. The maximum absolute atomic E-state index is 14.0. The minimum atomic E-state index is -1.73. The van der Waals surface area contributed by atoms with Crippen molar-refractivity contribution in [3.63, 3.8) is 0 Å². The van der Waals surface area contributed by atoms with Crippen LogP contribution < -0.4 is 15.1 Å². The van der Waals surface area contributed by atoms with Gasteiger partial charge in [0.15, 0.2) is 11.6 Å². The number of hydrogen-bond acceptors (Lipinski definition) is 7. The number of amides is 2. The SMILES string of the molecule is CC/C(=C\c1ccc(O)c(F)c1)CC[C@H]1OC[C@H]2C1=C(COc1ccccc1)C[C@H]1C(=O)N(c3cccc(B(O)O)c3)C(=O)[C@H]12. The molecule has 2 saturated heterocycles. The molecule has 3 aromatic carbocycles. The molecule has 8 nitrogen and oxygen atoms in total. The van der Waals surface area contributed by atoms with Crippen molar-refractivity contribution in [2.24, 2.45) is 17.8 Å². The second kappa shape index (κ2) is 13.0. The van der Waals surface area contributed by atoms with Crippen LogP contribution in [0.25, 0.3) is 6.08 Å². The van der Waals surface area contributed by atoms with Gasteiger partial charge in [0.1, 0.15) is 12.4 Å². The van der Waals surface area contributed by atoms with Crippen molar-refractivity contribution < 1.29 is 38.6 Å². The van der Waals surface area contributed by atoms with Crippen LogP contribution in [0.2, 0.25) is 0 Å². The predicted octanol–water partition coefficient (Wildman–Crippen LogP) is 4.38. The Morgan fingerprint density at radius 1 is 1.04 bits per heavy atom. The van der Waals surface area contributed by atoms with Crippen molar-refractivity contribution in [1.82, 2.24) is 0 Å². The normalized spacial score (nSPS) is 22.9. The fourth-order valence-corrected chi connectivity index (χ4v) is 6.89. The number of carbonyl (C=O) groups excluding carboxylic acids is 2. The van der Waals surface area contributed by atoms with Crippen LogP contribution in [0.1, 0.15) is 38.2 Å². The Morgan fingerprint density at radius 2 is 1.84 bits per heavy atom. The Labute approximate surface area is 261 Å². The van der Waals surface area contributed by atoms with Gasteiger partial charge in [-0.15, -0.1) is 0 Å². The van der Waals surface area contributed by atoms with E-state index in [0.29, 0.717) is 42.9 Å². The number of para-hydroxylation sites is 1. The number of benzene rings is 3. The quantitative estimate of drug-likeness (QED) is 0.177. The first-order chi connectivity index (χ1) is 21.7. The number of aromatic hydroxyl groups is 1. The van der Waals surface area contributed by atoms with Gasteiger partial charge >= 0.3 is 7.12 Å². The van der Waals surface area contributed by atoms with E-state index >= 15 is 0 Å². The highest BCUT2D eigenvalue weighted by atomic mass is 19.1. The van der Waals surface area contributed by atoms with Crippen LogP contribution in [0.15, 0.2) is 89.5 Å². The third-order valence-corrected chi connectivity index (χ3v) is 9.12. The van der Waals surface area contributed by atoms with E-state index in [2.05, 4.69) is 0 Å². The molecule has 0 saturated carbocycles. The van der Waals surface area contributed by atoms with Gasteiger partial charge in [-0.1, -0.05) is 55.0 Å². The molecule has 2 fully saturated rings. The number of allylic oxidation sites excluding steroid dienone is 1. The number of rotatable bonds is 10. The average Bonchev–Trinajstić information content (AvgIpc) is 3.58. The first-order valence-corrected chi connectivity index (χ1v) is 15.3. The highest BCUT2D eigenvalue weighted by molar-refractivity contribution is 6.58. The monoisotopic (exact) mass is 611 g/mol. The first kappa shape index (κ1) is 30.8. The third kappa shape index (κ3) is 6.18. The average molecular weight is 611 g/mol. The fourth-order valence-electron chi connectivity index (χ4n) is 6.89. The molecule has 1 aliphatic carbocycles. The van der Waals surface area contributed by atoms with Gasteiger partial charge in [0.05, 0.1) is 30.2 Å². The maximum Gasteiger partial charge on any atom is 0.488 e. The van der Waals surface area contributed by atoms with Gasteiger partial charge in [-0.25, -0.2) is 4.39 Å². The van der Waals surface area contributed by atoms with Crippen molar-refractivity contribution in [3.8, 4) is 11.5 Å². The van der Waals surface area contributed by atoms with Crippen LogP contribution in [-0.2, 0) is 14.3 Å². The molecule has 6 rings (SSSR count). The van der Waals surface area contributed by atoms with E-state index in [1.807, 2.05) is 43.3 Å². The second-order valence-corrected chi connectivity index (χ2v) is 11.8. The third-order valence-electron chi connectivity index (χ3n) is 9.12. The molecular formula is C35H35BFNO7. The van der Waals surface area contributed by atoms with Crippen LogP contribution in [0.4, 0.5) is 10.1 Å². The predicted molar refractivity (Wildman–Crippen MR) is 168 cm³/mol. The molecule has 0 spiro atoms. The number of halogens is 1. The zero-order chi connectivity index (χ0) is 31.7. The van der Waals surface area contributed by atoms with Gasteiger partial charge in [0.25, 0.3) is 0 Å². The largest absolute Gasteiger partial charge is 0.505 e. The summed E-state index contributed by atoms with van der Waals surface area (Å²) in [5.74, 6) is -2.46. The molecular weight excluding hydrogens is 576 g/mol. The van der Waals surface area contributed by atoms with Crippen LogP contribution in [0.3, 0.4) is 0 Å². The molecule has 2 amide bonds. The molecule has 0 radical (unpaired) electrons. The Hall–Kier alpha value is -4.25. The molecule has 3 aliphatic rings. The summed E-state index contributed by atoms with van der Waals surface area (Å²) in [4.78, 5) is 28.9. The number of fused-ring (bicyclic) bond motifs is 3. The lowest BCUT2D eigenvalue weighted by atomic mass is 9.69. The number of phenolic OH excluding ortho intramolecular Hbond substituents is 1. The molecule has 0 bridgehead atoms. The highest BCUT2D eigenvalue weighted by Gasteiger charge is 2.57. The summed E-state index contributed by atoms with van der Waals surface area (Å²) in [7, 11) is -1.73. The number of hydrogen-bond donors (Lipinski definition) is 3. The van der Waals surface area contributed by atoms with E-state index in [1.165, 1.54) is 29.2 Å². The number of anilines is 1. The van der Waals surface area contributed by atoms with Crippen LogP contribution >= 0.6 is 0 Å². The molecule has 45 heavy (non-hydrogen) atoms. The van der Waals surface area contributed by atoms with E-state index in [9.17, 15) is 29.1 Å². The first-order valence-electron chi connectivity index (χ1n) is 15.3. The summed E-state index contributed by atoms with van der Waals surface area (Å²) in [5, 5.41) is 28.9. The van der Waals surface area contributed by atoms with Crippen LogP contribution in [-0.4, -0.2) is 53.4 Å². The summed E-state index contributed by atoms with van der Waals surface area (Å²) in [6.45, 7) is 2.59. The van der Waals surface area contributed by atoms with Crippen molar-refractivity contribution >= 4 is 36.2 Å². The second-order valence-electron chi connectivity index (χ2n) is 11.8. The van der Waals surface area contributed by atoms with Gasteiger partial charge in [-0.2, -0.15) is 0 Å². The van der Waals surface area contributed by atoms with Gasteiger partial charge in [-0.3, -0.25) is 14.5 Å². The summed E-state index contributed by atoms with van der Waals surface area (Å²) in [6, 6.07) is 19.9. The van der Waals surface area contributed by atoms with Crippen molar-refractivity contribution in [2.75, 3.05) is 18.1 Å². The Kier molecular flexibility index (Phi) is 8.89. The zero-order valence-corrected chi connectivity index (χ0v) is 24.9. The van der Waals surface area contributed by atoms with Crippen LogP contribution in [0.5, 0.6) is 11.5 Å². The molecule has 0 unspecified atom stereocenters. The smallest absolute Gasteiger partial charge is 0.488 e. The standard InChI is InChI=1S/C35H35BFNO7/c1-2-21(15-22-11-13-30(39)29(37)16-22)12-14-31-32-23(19-44-26-9-4-3-5-10-26)17-27-33(28(32)20-45-31)35(41)38(34(27)40)25-8-6-7-24(18-25)36(42)43/h3-11,13,15-16,18,27-28,31,33,39,42-43H,2,12,14,17,19-20H2,1H3/b21-15+/t27-,28+,31-,33-/m1/s1. The Bertz CT molecular complexity index is 1660. The molecule has 4 atom stereocenters. The van der Waals surface area contributed by atoms with Gasteiger partial charge in [0, 0.05) is 5.92 Å². The number of imide groups is 1. The molecule has 2 heterocycles. The molecule has 3 aromatic rings. The number of nitrogens with zero attached hydrogens (tertiary/aromatic N) is 1. The molecule has 0 aromatic heterocycles. The molecule has 3 N–H and O–H groups in total. The van der Waals surface area contributed by atoms with Crippen LogP contribution in [0, 0.1) is 23.6 Å². The Morgan fingerprint density at radius 3 is 2.58 bits per heavy atom. The minimum absolute atomic E-state index is 0.192. The van der Waals surface area contributed by atoms with E-state index < -0.39 is 24.8 Å². The molecule has 232 valence electrons. The summed E-state index contributed by atoms with van der Waals surface area (Å²) in [5.41, 5.74) is 4.23. The zero-order valence-electron chi connectivity index (χ0n) is 24.9. The lowest BCUT2D eigenvalue weighted by Crippen LogP contribution is -2.36. The van der Waals surface area contributed by atoms with Gasteiger partial charge < -0.3 is 24.6 Å². The van der Waals surface area contributed by atoms with Crippen molar-refractivity contribution in [2.45, 2.75) is 38.7 Å². The summed E-state index contributed by atoms with van der Waals surface area (Å²) in [6.07, 6.45) is 4.07. The highest BCUT2D eigenvalue weighted by Crippen LogP contribution is 2.50. The number of phenols is 1. The van der Waals surface area contributed by atoms with Gasteiger partial charge in [0.2, 0.25) is 11.8 Å². The Balaban J connectivity index is 1.28. The summed E-state index contributed by atoms with van der Waals surface area (Å²) >= 11 is 0. The maximum atomic E-state index is 14.0. The van der Waals surface area contributed by atoms with Crippen molar-refractivity contribution in [3.05, 3.63) is 101 Å². The van der Waals surface area contributed by atoms with E-state index in [1.54, 1.807) is 18.2 Å².